The zero-order valence-electron chi connectivity index (χ0n) is 16.0. The average Bonchev–Trinajstić information content (AvgIpc) is 2.71. The van der Waals surface area contributed by atoms with Crippen LogP contribution in [0.25, 0.3) is 0 Å². The molecule has 2 rings (SSSR count). The van der Waals surface area contributed by atoms with Crippen molar-refractivity contribution in [1.29, 1.82) is 0 Å². The summed E-state index contributed by atoms with van der Waals surface area (Å²) in [6.45, 7) is 1.31. The number of halogens is 1. The van der Waals surface area contributed by atoms with Crippen molar-refractivity contribution >= 4 is 39.5 Å². The summed E-state index contributed by atoms with van der Waals surface area (Å²) in [6, 6.07) is 11.7. The van der Waals surface area contributed by atoms with Crippen LogP contribution in [0.3, 0.4) is 0 Å². The molecule has 0 aliphatic rings. The number of nitrogens with one attached hydrogen (secondary N) is 3. The van der Waals surface area contributed by atoms with Crippen LogP contribution >= 0.6 is 11.6 Å². The molecule has 0 radical (unpaired) electrons. The monoisotopic (exact) mass is 453 g/mol. The second kappa shape index (κ2) is 10.7. The molecule has 0 bridgehead atoms. The highest BCUT2D eigenvalue weighted by atomic mass is 35.5. The molecule has 0 aliphatic heterocycles. The number of hydrogen-bond donors (Lipinski definition) is 3. The molecule has 2 aromatic carbocycles. The number of imide groups is 1. The molecule has 0 atom stereocenters. The number of hydrogen-bond acceptors (Lipinski definition) is 6. The Hall–Kier alpha value is -2.95. The number of esters is 1. The molecule has 3 amide bonds. The molecule has 9 nitrogen and oxygen atoms in total. The molecule has 0 unspecified atom stereocenters. The summed E-state index contributed by atoms with van der Waals surface area (Å²) in [7, 11) is -4.02. The zero-order chi connectivity index (χ0) is 22.1. The van der Waals surface area contributed by atoms with Crippen LogP contribution in [0.5, 0.6) is 0 Å². The van der Waals surface area contributed by atoms with E-state index in [1.54, 1.807) is 37.3 Å². The number of amides is 3. The van der Waals surface area contributed by atoms with Gasteiger partial charge in [0.15, 0.2) is 6.61 Å². The Morgan fingerprint density at radius 2 is 1.77 bits per heavy atom. The van der Waals surface area contributed by atoms with Crippen LogP contribution < -0.4 is 15.4 Å². The highest BCUT2D eigenvalue weighted by Gasteiger charge is 2.21. The van der Waals surface area contributed by atoms with Gasteiger partial charge in [-0.3, -0.25) is 10.1 Å². The fourth-order valence-electron chi connectivity index (χ4n) is 2.27. The molecule has 0 aromatic heterocycles. The molecule has 11 heteroatoms. The minimum atomic E-state index is -4.02. The van der Waals surface area contributed by atoms with E-state index in [1.165, 1.54) is 12.1 Å². The van der Waals surface area contributed by atoms with Gasteiger partial charge in [-0.2, -0.15) is 0 Å². The van der Waals surface area contributed by atoms with E-state index < -0.39 is 34.5 Å². The van der Waals surface area contributed by atoms with E-state index in [-0.39, 0.29) is 22.0 Å². The maximum Gasteiger partial charge on any atom is 0.338 e. The van der Waals surface area contributed by atoms with Gasteiger partial charge in [-0.1, -0.05) is 41.9 Å². The Bertz CT molecular complexity index is 1030. The van der Waals surface area contributed by atoms with Gasteiger partial charge in [-0.05, 0) is 30.7 Å². The van der Waals surface area contributed by atoms with Crippen molar-refractivity contribution in [3.63, 3.8) is 0 Å². The number of carbonyl (C=O) groups is 3. The van der Waals surface area contributed by atoms with E-state index in [0.717, 1.165) is 11.6 Å². The van der Waals surface area contributed by atoms with Crippen LogP contribution in [-0.4, -0.2) is 39.5 Å². The third-order valence-corrected chi connectivity index (χ3v) is 5.57. The van der Waals surface area contributed by atoms with Gasteiger partial charge in [-0.25, -0.2) is 22.7 Å². The predicted molar refractivity (Wildman–Crippen MR) is 109 cm³/mol. The SMILES string of the molecule is CCNC(=O)NC(=O)COC(=O)c1ccc(Cl)c(S(=O)(=O)NCc2ccccc2)c1. The van der Waals surface area contributed by atoms with Crippen LogP contribution in [0.15, 0.2) is 53.4 Å². The maximum absolute atomic E-state index is 12.6. The molecule has 0 spiro atoms. The number of benzene rings is 2. The normalized spacial score (nSPS) is 10.9. The molecule has 0 aliphatic carbocycles. The first-order chi connectivity index (χ1) is 14.2. The van der Waals surface area contributed by atoms with Crippen LogP contribution in [0.4, 0.5) is 4.79 Å². The summed E-state index contributed by atoms with van der Waals surface area (Å²) < 4.78 is 32.4. The molecular weight excluding hydrogens is 434 g/mol. The van der Waals surface area contributed by atoms with Gasteiger partial charge in [0.05, 0.1) is 10.6 Å². The Morgan fingerprint density at radius 1 is 1.07 bits per heavy atom. The number of urea groups is 1. The van der Waals surface area contributed by atoms with Gasteiger partial charge < -0.3 is 10.1 Å². The standard InChI is InChI=1S/C19H20ClN3O6S/c1-2-21-19(26)23-17(24)12-29-18(25)14-8-9-15(20)16(10-14)30(27,28)22-11-13-6-4-3-5-7-13/h3-10,22H,2,11-12H2,1H3,(H2,21,23,24,26). The van der Waals surface area contributed by atoms with Gasteiger partial charge in [0, 0.05) is 13.1 Å². The first-order valence-electron chi connectivity index (χ1n) is 8.81. The van der Waals surface area contributed by atoms with Crippen molar-refractivity contribution in [3.8, 4) is 0 Å². The maximum atomic E-state index is 12.6. The van der Waals surface area contributed by atoms with Gasteiger partial charge in [0.1, 0.15) is 4.90 Å². The number of sulfonamides is 1. The Kier molecular flexibility index (Phi) is 8.34. The molecule has 30 heavy (non-hydrogen) atoms. The van der Waals surface area contributed by atoms with Gasteiger partial charge in [0.2, 0.25) is 10.0 Å². The van der Waals surface area contributed by atoms with Crippen LogP contribution in [0.2, 0.25) is 5.02 Å². The summed E-state index contributed by atoms with van der Waals surface area (Å²) in [4.78, 5) is 34.7. The second-order valence-electron chi connectivity index (χ2n) is 5.94. The van der Waals surface area contributed by atoms with Crippen molar-refractivity contribution < 1.29 is 27.5 Å². The van der Waals surface area contributed by atoms with Crippen molar-refractivity contribution in [1.82, 2.24) is 15.4 Å². The Labute approximate surface area is 178 Å². The van der Waals surface area contributed by atoms with E-state index in [0.29, 0.717) is 6.54 Å². The molecule has 0 saturated heterocycles. The molecule has 160 valence electrons. The van der Waals surface area contributed by atoms with E-state index in [4.69, 9.17) is 16.3 Å². The molecular formula is C19H20ClN3O6S. The quantitative estimate of drug-likeness (QED) is 0.522. The van der Waals surface area contributed by atoms with Crippen LogP contribution in [0, 0.1) is 0 Å². The largest absolute Gasteiger partial charge is 0.452 e. The van der Waals surface area contributed by atoms with Gasteiger partial charge in [-0.15, -0.1) is 0 Å². The first-order valence-corrected chi connectivity index (χ1v) is 10.7. The highest BCUT2D eigenvalue weighted by molar-refractivity contribution is 7.89. The topological polar surface area (TPSA) is 131 Å². The van der Waals surface area contributed by atoms with E-state index in [1.807, 2.05) is 5.32 Å². The fourth-order valence-corrected chi connectivity index (χ4v) is 3.81. The zero-order valence-corrected chi connectivity index (χ0v) is 17.5. The van der Waals surface area contributed by atoms with E-state index in [9.17, 15) is 22.8 Å². The van der Waals surface area contributed by atoms with Crippen molar-refractivity contribution in [3.05, 3.63) is 64.7 Å². The van der Waals surface area contributed by atoms with Gasteiger partial charge in [0.25, 0.3) is 5.91 Å². The molecule has 0 heterocycles. The Morgan fingerprint density at radius 3 is 2.43 bits per heavy atom. The lowest BCUT2D eigenvalue weighted by Gasteiger charge is -2.10. The lowest BCUT2D eigenvalue weighted by atomic mass is 10.2. The minimum absolute atomic E-state index is 0.0359. The minimum Gasteiger partial charge on any atom is -0.452 e. The van der Waals surface area contributed by atoms with E-state index in [2.05, 4.69) is 10.0 Å². The highest BCUT2D eigenvalue weighted by Crippen LogP contribution is 2.23. The summed E-state index contributed by atoms with van der Waals surface area (Å²) in [6.07, 6.45) is 0. The lowest BCUT2D eigenvalue weighted by molar-refractivity contribution is -0.123. The molecule has 0 fully saturated rings. The summed E-state index contributed by atoms with van der Waals surface area (Å²) >= 11 is 6.00. The third kappa shape index (κ3) is 6.83. The smallest absolute Gasteiger partial charge is 0.338 e. The lowest BCUT2D eigenvalue weighted by Crippen LogP contribution is -2.41. The third-order valence-electron chi connectivity index (χ3n) is 3.69. The van der Waals surface area contributed by atoms with Crippen molar-refractivity contribution in [2.45, 2.75) is 18.4 Å². The summed E-state index contributed by atoms with van der Waals surface area (Å²) in [5.74, 6) is -1.78. The molecule has 0 saturated carbocycles. The van der Waals surface area contributed by atoms with Crippen LogP contribution in [0.1, 0.15) is 22.8 Å². The average molecular weight is 454 g/mol. The second-order valence-corrected chi connectivity index (χ2v) is 8.08. The van der Waals surface area contributed by atoms with Crippen LogP contribution in [-0.2, 0) is 26.1 Å². The fraction of sp³-hybridized carbons (Fsp3) is 0.211. The number of rotatable bonds is 8. The number of ether oxygens (including phenoxy) is 1. The van der Waals surface area contributed by atoms with Crippen molar-refractivity contribution in [2.75, 3.05) is 13.2 Å². The molecule has 3 N–H and O–H groups in total. The number of carbonyl (C=O) groups excluding carboxylic acids is 3. The van der Waals surface area contributed by atoms with Gasteiger partial charge >= 0.3 is 12.0 Å². The summed E-state index contributed by atoms with van der Waals surface area (Å²) in [5, 5.41) is 4.24. The van der Waals surface area contributed by atoms with E-state index >= 15 is 0 Å². The molecule has 2 aromatic rings. The first kappa shape index (κ1) is 23.3. The predicted octanol–water partition coefficient (Wildman–Crippen LogP) is 1.82. The van der Waals surface area contributed by atoms with Crippen molar-refractivity contribution in [2.24, 2.45) is 0 Å². The summed E-state index contributed by atoms with van der Waals surface area (Å²) in [5.41, 5.74) is 0.621. The Balaban J connectivity index is 2.05.